The van der Waals surface area contributed by atoms with Crippen LogP contribution in [0.4, 0.5) is 11.4 Å². The van der Waals surface area contributed by atoms with E-state index in [0.29, 0.717) is 17.9 Å². The normalized spacial score (nSPS) is 19.8. The van der Waals surface area contributed by atoms with Crippen molar-refractivity contribution >= 4 is 17.2 Å². The monoisotopic (exact) mass is 264 g/mol. The molecule has 0 aromatic heterocycles. The third kappa shape index (κ3) is 2.67. The molecule has 0 saturated carbocycles. The largest absolute Gasteiger partial charge is 0.484 e. The number of non-ortho nitro benzene ring substituents is 1. The van der Waals surface area contributed by atoms with Gasteiger partial charge in [0, 0.05) is 18.6 Å². The Labute approximate surface area is 110 Å². The molecule has 1 heterocycles. The lowest BCUT2D eigenvalue weighted by atomic mass is 9.92. The van der Waals surface area contributed by atoms with Crippen LogP contribution < -0.4 is 10.1 Å². The van der Waals surface area contributed by atoms with Crippen molar-refractivity contribution in [2.24, 2.45) is 0 Å². The predicted molar refractivity (Wildman–Crippen MR) is 70.5 cm³/mol. The Bertz CT molecular complexity index is 539. The molecule has 1 aliphatic rings. The van der Waals surface area contributed by atoms with Gasteiger partial charge >= 0.3 is 0 Å². The molecular weight excluding hydrogens is 248 g/mol. The number of nitro groups is 1. The summed E-state index contributed by atoms with van der Waals surface area (Å²) in [5, 5.41) is 13.9. The summed E-state index contributed by atoms with van der Waals surface area (Å²) in [7, 11) is 0. The number of nitrogens with zero attached hydrogens (tertiary/aromatic N) is 1. The number of benzene rings is 1. The highest BCUT2D eigenvalue weighted by Gasteiger charge is 2.37. The van der Waals surface area contributed by atoms with Crippen LogP contribution in [0, 0.1) is 10.1 Å². The van der Waals surface area contributed by atoms with Crippen molar-refractivity contribution in [3.63, 3.8) is 0 Å². The second-order valence-electron chi connectivity index (χ2n) is 5.25. The van der Waals surface area contributed by atoms with E-state index >= 15 is 0 Å². The van der Waals surface area contributed by atoms with E-state index < -0.39 is 10.5 Å². The van der Waals surface area contributed by atoms with Crippen LogP contribution in [0.3, 0.4) is 0 Å². The molecule has 0 fully saturated rings. The summed E-state index contributed by atoms with van der Waals surface area (Å²) in [4.78, 5) is 21.6. The maximum atomic E-state index is 11.3. The minimum Gasteiger partial charge on any atom is -0.484 e. The molecule has 1 unspecified atom stereocenters. The number of anilines is 1. The smallest absolute Gasteiger partial charge is 0.271 e. The van der Waals surface area contributed by atoms with E-state index in [4.69, 9.17) is 4.74 Å². The van der Waals surface area contributed by atoms with Crippen LogP contribution in [0.15, 0.2) is 18.2 Å². The van der Waals surface area contributed by atoms with Gasteiger partial charge in [0.25, 0.3) is 5.69 Å². The van der Waals surface area contributed by atoms with Crippen LogP contribution in [-0.4, -0.2) is 22.3 Å². The first kappa shape index (κ1) is 13.3. The molecule has 1 aromatic rings. The van der Waals surface area contributed by atoms with Crippen LogP contribution in [0.5, 0.6) is 5.75 Å². The van der Waals surface area contributed by atoms with E-state index in [9.17, 15) is 14.9 Å². The fraction of sp³-hybridized carbons (Fsp3) is 0.462. The zero-order valence-electron chi connectivity index (χ0n) is 11.1. The topological polar surface area (TPSA) is 81.5 Å². The lowest BCUT2D eigenvalue weighted by Crippen LogP contribution is -2.50. The number of ketones is 1. The van der Waals surface area contributed by atoms with Gasteiger partial charge in [-0.1, -0.05) is 0 Å². The fourth-order valence-electron chi connectivity index (χ4n) is 2.13. The quantitative estimate of drug-likeness (QED) is 0.670. The molecule has 0 bridgehead atoms. The van der Waals surface area contributed by atoms with E-state index in [1.807, 2.05) is 13.8 Å². The average molecular weight is 264 g/mol. The first-order chi connectivity index (χ1) is 8.79. The van der Waals surface area contributed by atoms with Crippen molar-refractivity contribution in [2.45, 2.75) is 38.8 Å². The van der Waals surface area contributed by atoms with Crippen LogP contribution in [0.1, 0.15) is 27.2 Å². The molecule has 19 heavy (non-hydrogen) atoms. The van der Waals surface area contributed by atoms with E-state index in [0.717, 1.165) is 0 Å². The Morgan fingerprint density at radius 2 is 2.21 bits per heavy atom. The highest BCUT2D eigenvalue weighted by molar-refractivity contribution is 5.77. The Morgan fingerprint density at radius 1 is 1.53 bits per heavy atom. The van der Waals surface area contributed by atoms with Gasteiger partial charge in [-0.3, -0.25) is 14.9 Å². The number of fused-ring (bicyclic) bond motifs is 1. The summed E-state index contributed by atoms with van der Waals surface area (Å²) in [6.07, 6.45) is 0.315. The molecular formula is C13H16N2O4. The van der Waals surface area contributed by atoms with Crippen molar-refractivity contribution < 1.29 is 14.5 Å². The van der Waals surface area contributed by atoms with Gasteiger partial charge in [0.1, 0.15) is 17.1 Å². The molecule has 1 aliphatic heterocycles. The standard InChI is InChI=1S/C13H16N2O4/c1-8(16)6-12-13(2,3)19-11-5-4-9(15(17)18)7-10(11)14-12/h4-5,7,12,14H,6H2,1-3H3. The highest BCUT2D eigenvalue weighted by Crippen LogP contribution is 2.38. The van der Waals surface area contributed by atoms with Crippen LogP contribution in [0.2, 0.25) is 0 Å². The number of hydrogen-bond donors (Lipinski definition) is 1. The van der Waals surface area contributed by atoms with Crippen molar-refractivity contribution in [2.75, 3.05) is 5.32 Å². The number of carbonyl (C=O) groups excluding carboxylic acids is 1. The second-order valence-corrected chi connectivity index (χ2v) is 5.25. The van der Waals surface area contributed by atoms with Gasteiger partial charge in [-0.2, -0.15) is 0 Å². The maximum Gasteiger partial charge on any atom is 0.271 e. The minimum atomic E-state index is -0.547. The van der Waals surface area contributed by atoms with Gasteiger partial charge in [0.15, 0.2) is 0 Å². The van der Waals surface area contributed by atoms with Crippen LogP contribution in [0.25, 0.3) is 0 Å². The van der Waals surface area contributed by atoms with Crippen LogP contribution in [-0.2, 0) is 4.79 Å². The number of nitrogens with one attached hydrogen (secondary N) is 1. The number of nitro benzene ring substituents is 1. The van der Waals surface area contributed by atoms with Crippen molar-refractivity contribution in [1.82, 2.24) is 0 Å². The van der Waals surface area contributed by atoms with E-state index in [2.05, 4.69) is 5.32 Å². The van der Waals surface area contributed by atoms with Gasteiger partial charge in [-0.25, -0.2) is 0 Å². The number of Topliss-reactive ketones (excluding diaryl/α,β-unsaturated/α-hetero) is 1. The van der Waals surface area contributed by atoms with E-state index in [1.165, 1.54) is 19.1 Å². The van der Waals surface area contributed by atoms with Crippen LogP contribution >= 0.6 is 0 Å². The number of rotatable bonds is 3. The first-order valence-corrected chi connectivity index (χ1v) is 6.03. The van der Waals surface area contributed by atoms with Gasteiger partial charge in [0.05, 0.1) is 16.7 Å². The van der Waals surface area contributed by atoms with E-state index in [1.54, 1.807) is 6.07 Å². The molecule has 102 valence electrons. The Kier molecular flexibility index (Phi) is 3.18. The summed E-state index contributed by atoms with van der Waals surface area (Å²) in [5.41, 5.74) is 0.00494. The molecule has 6 heteroatoms. The SMILES string of the molecule is CC(=O)CC1Nc2cc([N+](=O)[O-])ccc2OC1(C)C. The minimum absolute atomic E-state index is 0.00358. The van der Waals surface area contributed by atoms with Crippen molar-refractivity contribution in [3.05, 3.63) is 28.3 Å². The molecule has 6 nitrogen and oxygen atoms in total. The zero-order chi connectivity index (χ0) is 14.2. The molecule has 2 rings (SSSR count). The molecule has 0 radical (unpaired) electrons. The molecule has 0 spiro atoms. The molecule has 1 atom stereocenters. The summed E-state index contributed by atoms with van der Waals surface area (Å²) in [6.45, 7) is 5.29. The second kappa shape index (κ2) is 4.53. The summed E-state index contributed by atoms with van der Waals surface area (Å²) in [5.74, 6) is 0.610. The number of ether oxygens (including phenoxy) is 1. The average Bonchev–Trinajstić information content (AvgIpc) is 2.28. The first-order valence-electron chi connectivity index (χ1n) is 6.03. The lowest BCUT2D eigenvalue weighted by molar-refractivity contribution is -0.384. The Balaban J connectivity index is 2.35. The number of hydrogen-bond acceptors (Lipinski definition) is 5. The van der Waals surface area contributed by atoms with Gasteiger partial charge in [-0.15, -0.1) is 0 Å². The molecule has 1 N–H and O–H groups in total. The summed E-state index contributed by atoms with van der Waals surface area (Å²) in [6, 6.07) is 4.20. The maximum absolute atomic E-state index is 11.3. The van der Waals surface area contributed by atoms with Gasteiger partial charge in [0.2, 0.25) is 0 Å². The van der Waals surface area contributed by atoms with Crippen molar-refractivity contribution in [3.8, 4) is 5.75 Å². The molecule has 0 saturated heterocycles. The van der Waals surface area contributed by atoms with Crippen molar-refractivity contribution in [1.29, 1.82) is 0 Å². The highest BCUT2D eigenvalue weighted by atomic mass is 16.6. The summed E-state index contributed by atoms with van der Waals surface area (Å²) >= 11 is 0. The lowest BCUT2D eigenvalue weighted by Gasteiger charge is -2.40. The zero-order valence-corrected chi connectivity index (χ0v) is 11.1. The molecule has 0 amide bonds. The Morgan fingerprint density at radius 3 is 2.79 bits per heavy atom. The van der Waals surface area contributed by atoms with E-state index in [-0.39, 0.29) is 17.5 Å². The van der Waals surface area contributed by atoms with Gasteiger partial charge in [-0.05, 0) is 26.8 Å². The van der Waals surface area contributed by atoms with Gasteiger partial charge < -0.3 is 10.1 Å². The third-order valence-corrected chi connectivity index (χ3v) is 3.21. The molecule has 0 aliphatic carbocycles. The summed E-state index contributed by atoms with van der Waals surface area (Å²) < 4.78 is 5.83. The fourth-order valence-corrected chi connectivity index (χ4v) is 2.13. The third-order valence-electron chi connectivity index (χ3n) is 3.21. The number of carbonyl (C=O) groups is 1. The predicted octanol–water partition coefficient (Wildman–Crippen LogP) is 2.53. The Hall–Kier alpha value is -2.11. The molecule has 1 aromatic carbocycles.